The van der Waals surface area contributed by atoms with Gasteiger partial charge in [0.05, 0.1) is 11.4 Å². The van der Waals surface area contributed by atoms with Gasteiger partial charge in [-0.1, -0.05) is 0 Å². The van der Waals surface area contributed by atoms with Crippen molar-refractivity contribution in [3.05, 3.63) is 47.4 Å². The summed E-state index contributed by atoms with van der Waals surface area (Å²) >= 11 is 0. The topological polar surface area (TPSA) is 72.4 Å². The van der Waals surface area contributed by atoms with Gasteiger partial charge in [0.2, 0.25) is 15.9 Å². The second-order valence-corrected chi connectivity index (χ2v) is 8.18. The molecule has 6 nitrogen and oxygen atoms in total. The molecule has 1 aromatic heterocycles. The van der Waals surface area contributed by atoms with E-state index in [4.69, 9.17) is 4.74 Å². The van der Waals surface area contributed by atoms with Crippen molar-refractivity contribution in [2.75, 3.05) is 13.1 Å². The Bertz CT molecular complexity index is 881. The number of aromatic nitrogens is 2. The summed E-state index contributed by atoms with van der Waals surface area (Å²) in [4.78, 5) is 7.97. The van der Waals surface area contributed by atoms with Crippen LogP contribution in [0.3, 0.4) is 0 Å². The van der Waals surface area contributed by atoms with Crippen LogP contribution in [0, 0.1) is 25.5 Å². The van der Waals surface area contributed by atoms with Crippen LogP contribution in [-0.2, 0) is 10.0 Å². The molecule has 0 bridgehead atoms. The summed E-state index contributed by atoms with van der Waals surface area (Å²) in [6.45, 7) is 3.92. The lowest BCUT2D eigenvalue weighted by Gasteiger charge is -2.31. The van der Waals surface area contributed by atoms with Crippen molar-refractivity contribution in [1.82, 2.24) is 14.3 Å². The number of benzene rings is 1. The molecule has 2 heterocycles. The lowest BCUT2D eigenvalue weighted by atomic mass is 10.1. The molecule has 0 aliphatic carbocycles. The second-order valence-electron chi connectivity index (χ2n) is 6.25. The highest BCUT2D eigenvalue weighted by molar-refractivity contribution is 7.89. The summed E-state index contributed by atoms with van der Waals surface area (Å²) in [5.41, 5.74) is 0.753. The summed E-state index contributed by atoms with van der Waals surface area (Å²) in [5.74, 6) is -0.910. The van der Waals surface area contributed by atoms with Gasteiger partial charge >= 0.3 is 0 Å². The van der Waals surface area contributed by atoms with Crippen molar-refractivity contribution >= 4 is 10.0 Å². The van der Waals surface area contributed by atoms with E-state index < -0.39 is 32.7 Å². The van der Waals surface area contributed by atoms with Gasteiger partial charge in [0.15, 0.2) is 0 Å². The average Bonchev–Trinajstić information content (AvgIpc) is 2.53. The quantitative estimate of drug-likeness (QED) is 0.812. The van der Waals surface area contributed by atoms with E-state index in [-0.39, 0.29) is 13.1 Å². The molecule has 2 aromatic rings. The Kier molecular flexibility index (Phi) is 5.19. The third-order valence-electron chi connectivity index (χ3n) is 4.04. The fourth-order valence-electron chi connectivity index (χ4n) is 2.96. The molecule has 0 saturated carbocycles. The molecule has 0 N–H and O–H groups in total. The molecule has 1 aliphatic heterocycles. The summed E-state index contributed by atoms with van der Waals surface area (Å²) in [5, 5.41) is 0. The van der Waals surface area contributed by atoms with Crippen LogP contribution in [0.5, 0.6) is 5.88 Å². The number of halogens is 2. The van der Waals surface area contributed by atoms with E-state index in [1.165, 1.54) is 4.31 Å². The van der Waals surface area contributed by atoms with Crippen LogP contribution in [0.4, 0.5) is 8.78 Å². The van der Waals surface area contributed by atoms with Gasteiger partial charge in [-0.15, -0.1) is 0 Å². The van der Waals surface area contributed by atoms with Crippen LogP contribution in [0.1, 0.15) is 24.4 Å². The molecule has 0 radical (unpaired) electrons. The minimum Gasteiger partial charge on any atom is -0.473 e. The maximum atomic E-state index is 13.4. The van der Waals surface area contributed by atoms with Crippen LogP contribution >= 0.6 is 0 Å². The second kappa shape index (κ2) is 7.24. The Hall–Kier alpha value is -2.13. The number of ether oxygens (including phenoxy) is 1. The first-order valence-corrected chi connectivity index (χ1v) is 9.63. The predicted molar refractivity (Wildman–Crippen MR) is 90.3 cm³/mol. The minimum atomic E-state index is -4.01. The fourth-order valence-corrected chi connectivity index (χ4v) is 4.51. The number of piperidine rings is 1. The summed E-state index contributed by atoms with van der Waals surface area (Å²) in [6.07, 6.45) is 0.835. The van der Waals surface area contributed by atoms with Gasteiger partial charge in [-0.3, -0.25) is 0 Å². The predicted octanol–water partition coefficient (Wildman–Crippen LogP) is 2.60. The molecular weight excluding hydrogens is 364 g/mol. The Labute approximate surface area is 150 Å². The van der Waals surface area contributed by atoms with Gasteiger partial charge in [-0.05, 0) is 38.8 Å². The van der Waals surface area contributed by atoms with Gasteiger partial charge in [-0.25, -0.2) is 22.2 Å². The van der Waals surface area contributed by atoms with Crippen molar-refractivity contribution in [3.8, 4) is 5.88 Å². The summed E-state index contributed by atoms with van der Waals surface area (Å²) < 4.78 is 59.2. The molecule has 0 spiro atoms. The van der Waals surface area contributed by atoms with E-state index in [2.05, 4.69) is 9.97 Å². The number of rotatable bonds is 4. The zero-order chi connectivity index (χ0) is 18.9. The van der Waals surface area contributed by atoms with Crippen LogP contribution < -0.4 is 4.74 Å². The highest BCUT2D eigenvalue weighted by Gasteiger charge is 2.32. The zero-order valence-electron chi connectivity index (χ0n) is 14.4. The van der Waals surface area contributed by atoms with Crippen molar-refractivity contribution in [3.63, 3.8) is 0 Å². The van der Waals surface area contributed by atoms with E-state index in [0.29, 0.717) is 30.6 Å². The van der Waals surface area contributed by atoms with E-state index in [1.807, 2.05) is 6.92 Å². The monoisotopic (exact) mass is 383 g/mol. The number of nitrogens with zero attached hydrogens (tertiary/aromatic N) is 3. The molecule has 140 valence electrons. The number of aryl methyl sites for hydroxylation is 2. The van der Waals surface area contributed by atoms with Crippen molar-refractivity contribution in [2.45, 2.75) is 37.7 Å². The standard InChI is InChI=1S/C17H19F2N3O3S/c1-11-6-17(21-12(2)20-11)25-15-4-3-5-22(10-15)26(23,24)16-8-13(18)7-14(19)9-16/h6-9,15H,3-5,10H2,1-2H3. The summed E-state index contributed by atoms with van der Waals surface area (Å²) in [6, 6.07) is 3.96. The van der Waals surface area contributed by atoms with Crippen LogP contribution in [0.2, 0.25) is 0 Å². The van der Waals surface area contributed by atoms with Crippen LogP contribution in [-0.4, -0.2) is 41.9 Å². The smallest absolute Gasteiger partial charge is 0.243 e. The molecule has 1 fully saturated rings. The summed E-state index contributed by atoms with van der Waals surface area (Å²) in [7, 11) is -4.01. The SMILES string of the molecule is Cc1cc(OC2CCCN(S(=O)(=O)c3cc(F)cc(F)c3)C2)nc(C)n1. The Morgan fingerprint density at radius 1 is 1.12 bits per heavy atom. The molecule has 9 heteroatoms. The Balaban J connectivity index is 1.79. The van der Waals surface area contributed by atoms with Gasteiger partial charge in [0, 0.05) is 24.4 Å². The van der Waals surface area contributed by atoms with Crippen LogP contribution in [0.15, 0.2) is 29.2 Å². The maximum absolute atomic E-state index is 13.4. The molecule has 1 unspecified atom stereocenters. The molecule has 1 saturated heterocycles. The van der Waals surface area contributed by atoms with Crippen molar-refractivity contribution in [1.29, 1.82) is 0 Å². The van der Waals surface area contributed by atoms with E-state index in [1.54, 1.807) is 13.0 Å². The average molecular weight is 383 g/mol. The maximum Gasteiger partial charge on any atom is 0.243 e. The lowest BCUT2D eigenvalue weighted by Crippen LogP contribution is -2.44. The minimum absolute atomic E-state index is 0.0859. The molecule has 0 amide bonds. The van der Waals surface area contributed by atoms with Gasteiger partial charge in [-0.2, -0.15) is 9.29 Å². The van der Waals surface area contributed by atoms with Gasteiger partial charge in [0.25, 0.3) is 0 Å². The molecule has 1 aliphatic rings. The number of hydrogen-bond acceptors (Lipinski definition) is 5. The number of hydrogen-bond donors (Lipinski definition) is 0. The van der Waals surface area contributed by atoms with Gasteiger partial charge < -0.3 is 4.74 Å². The molecule has 1 atom stereocenters. The van der Waals surface area contributed by atoms with Crippen LogP contribution in [0.25, 0.3) is 0 Å². The first-order chi connectivity index (χ1) is 12.2. The van der Waals surface area contributed by atoms with E-state index in [9.17, 15) is 17.2 Å². The number of sulfonamides is 1. The lowest BCUT2D eigenvalue weighted by molar-refractivity contribution is 0.124. The molecule has 1 aromatic carbocycles. The molecular formula is C17H19F2N3O3S. The largest absolute Gasteiger partial charge is 0.473 e. The Morgan fingerprint density at radius 2 is 1.81 bits per heavy atom. The van der Waals surface area contributed by atoms with E-state index in [0.717, 1.165) is 17.8 Å². The molecule has 26 heavy (non-hydrogen) atoms. The first kappa shape index (κ1) is 18.7. The first-order valence-electron chi connectivity index (χ1n) is 8.19. The van der Waals surface area contributed by atoms with Gasteiger partial charge in [0.1, 0.15) is 23.6 Å². The van der Waals surface area contributed by atoms with Crippen molar-refractivity contribution in [2.24, 2.45) is 0 Å². The molecule has 3 rings (SSSR count). The van der Waals surface area contributed by atoms with E-state index >= 15 is 0 Å². The Morgan fingerprint density at radius 3 is 2.46 bits per heavy atom. The van der Waals surface area contributed by atoms with Crippen molar-refractivity contribution < 1.29 is 21.9 Å². The highest BCUT2D eigenvalue weighted by atomic mass is 32.2. The normalized spacial score (nSPS) is 18.7. The third kappa shape index (κ3) is 4.16. The zero-order valence-corrected chi connectivity index (χ0v) is 15.3. The fraction of sp³-hybridized carbons (Fsp3) is 0.412. The third-order valence-corrected chi connectivity index (χ3v) is 5.89. The highest BCUT2D eigenvalue weighted by Crippen LogP contribution is 2.24.